The van der Waals surface area contributed by atoms with E-state index < -0.39 is 0 Å². The van der Waals surface area contributed by atoms with Gasteiger partial charge < -0.3 is 4.74 Å². The SMILES string of the molecule is COc1cc(C)c(C(NN)c2ccc(Br)c(C)c2)cc1C. The fourth-order valence-corrected chi connectivity index (χ4v) is 2.80. The van der Waals surface area contributed by atoms with Crippen molar-refractivity contribution in [2.45, 2.75) is 26.8 Å². The van der Waals surface area contributed by atoms with Gasteiger partial charge in [0, 0.05) is 4.47 Å². The number of rotatable bonds is 4. The van der Waals surface area contributed by atoms with E-state index in [-0.39, 0.29) is 6.04 Å². The predicted octanol–water partition coefficient (Wildman–Crippen LogP) is 3.94. The van der Waals surface area contributed by atoms with Gasteiger partial charge in [0.2, 0.25) is 0 Å². The van der Waals surface area contributed by atoms with Gasteiger partial charge in [-0.15, -0.1) is 0 Å². The van der Waals surface area contributed by atoms with Crippen molar-refractivity contribution in [3.8, 4) is 5.75 Å². The maximum atomic E-state index is 5.82. The van der Waals surface area contributed by atoms with Crippen LogP contribution in [0.4, 0.5) is 0 Å². The average Bonchev–Trinajstić information content (AvgIpc) is 2.46. The molecule has 0 aliphatic rings. The molecule has 4 heteroatoms. The second-order valence-corrected chi connectivity index (χ2v) is 6.14. The number of hydrazine groups is 1. The summed E-state index contributed by atoms with van der Waals surface area (Å²) < 4.78 is 6.48. The highest BCUT2D eigenvalue weighted by Gasteiger charge is 2.17. The zero-order valence-electron chi connectivity index (χ0n) is 12.8. The number of nitrogens with two attached hydrogens (primary N) is 1. The molecule has 3 nitrogen and oxygen atoms in total. The van der Waals surface area contributed by atoms with Crippen LogP contribution in [0.5, 0.6) is 5.75 Å². The topological polar surface area (TPSA) is 47.3 Å². The van der Waals surface area contributed by atoms with Crippen molar-refractivity contribution in [2.75, 3.05) is 7.11 Å². The summed E-state index contributed by atoms with van der Waals surface area (Å²) in [4.78, 5) is 0. The van der Waals surface area contributed by atoms with Crippen LogP contribution >= 0.6 is 15.9 Å². The molecule has 0 aromatic heterocycles. The van der Waals surface area contributed by atoms with Gasteiger partial charge in [0.1, 0.15) is 5.75 Å². The minimum absolute atomic E-state index is 0.0404. The molecule has 112 valence electrons. The molecule has 2 aromatic carbocycles. The molecule has 0 heterocycles. The summed E-state index contributed by atoms with van der Waals surface area (Å²) in [6, 6.07) is 10.4. The summed E-state index contributed by atoms with van der Waals surface area (Å²) in [6.07, 6.45) is 0. The van der Waals surface area contributed by atoms with Gasteiger partial charge >= 0.3 is 0 Å². The number of nitrogens with one attached hydrogen (secondary N) is 1. The highest BCUT2D eigenvalue weighted by molar-refractivity contribution is 9.10. The highest BCUT2D eigenvalue weighted by Crippen LogP contribution is 2.31. The zero-order chi connectivity index (χ0) is 15.6. The lowest BCUT2D eigenvalue weighted by Gasteiger charge is -2.21. The highest BCUT2D eigenvalue weighted by atomic mass is 79.9. The van der Waals surface area contributed by atoms with E-state index in [4.69, 9.17) is 10.6 Å². The van der Waals surface area contributed by atoms with Gasteiger partial charge in [-0.05, 0) is 60.7 Å². The Bertz CT molecular complexity index is 655. The summed E-state index contributed by atoms with van der Waals surface area (Å²) in [6.45, 7) is 6.20. The van der Waals surface area contributed by atoms with Crippen LogP contribution in [0.15, 0.2) is 34.8 Å². The number of hydrogen-bond acceptors (Lipinski definition) is 3. The minimum atomic E-state index is -0.0404. The Morgan fingerprint density at radius 3 is 2.33 bits per heavy atom. The van der Waals surface area contributed by atoms with E-state index in [0.29, 0.717) is 0 Å². The number of halogens is 1. The first-order valence-electron chi connectivity index (χ1n) is 6.85. The summed E-state index contributed by atoms with van der Waals surface area (Å²) in [5, 5.41) is 0. The molecule has 0 amide bonds. The largest absolute Gasteiger partial charge is 0.496 e. The van der Waals surface area contributed by atoms with Gasteiger partial charge in [-0.1, -0.05) is 34.1 Å². The third-order valence-corrected chi connectivity index (χ3v) is 4.67. The van der Waals surface area contributed by atoms with Crippen LogP contribution in [0, 0.1) is 20.8 Å². The maximum Gasteiger partial charge on any atom is 0.122 e. The van der Waals surface area contributed by atoms with E-state index in [1.54, 1.807) is 7.11 Å². The van der Waals surface area contributed by atoms with Crippen molar-refractivity contribution in [3.63, 3.8) is 0 Å². The predicted molar refractivity (Wildman–Crippen MR) is 90.5 cm³/mol. The standard InChI is InChI=1S/C17H21BrN2O/c1-10-9-16(21-4)12(3)8-14(10)17(20-19)13-5-6-15(18)11(2)7-13/h5-9,17,20H,19H2,1-4H3. The number of benzene rings is 2. The lowest BCUT2D eigenvalue weighted by molar-refractivity contribution is 0.411. The molecule has 1 unspecified atom stereocenters. The monoisotopic (exact) mass is 348 g/mol. The molecular weight excluding hydrogens is 328 g/mol. The Balaban J connectivity index is 2.50. The van der Waals surface area contributed by atoms with Crippen molar-refractivity contribution < 1.29 is 4.74 Å². The third-order valence-electron chi connectivity index (χ3n) is 3.78. The van der Waals surface area contributed by atoms with Crippen LogP contribution in [0.3, 0.4) is 0 Å². The van der Waals surface area contributed by atoms with E-state index in [9.17, 15) is 0 Å². The van der Waals surface area contributed by atoms with Crippen molar-refractivity contribution in [1.29, 1.82) is 0 Å². The summed E-state index contributed by atoms with van der Waals surface area (Å²) in [5.74, 6) is 6.72. The Morgan fingerprint density at radius 1 is 1.05 bits per heavy atom. The van der Waals surface area contributed by atoms with E-state index in [2.05, 4.69) is 65.5 Å². The van der Waals surface area contributed by atoms with Gasteiger partial charge in [0.05, 0.1) is 13.2 Å². The Hall–Kier alpha value is -1.36. The molecule has 0 saturated carbocycles. The summed E-state index contributed by atoms with van der Waals surface area (Å²) in [7, 11) is 1.69. The first-order valence-corrected chi connectivity index (χ1v) is 7.64. The third kappa shape index (κ3) is 3.28. The Labute approximate surface area is 134 Å². The van der Waals surface area contributed by atoms with E-state index in [1.807, 2.05) is 6.92 Å². The number of hydrogen-bond donors (Lipinski definition) is 2. The molecule has 3 N–H and O–H groups in total. The Morgan fingerprint density at radius 2 is 1.76 bits per heavy atom. The molecule has 0 fully saturated rings. The summed E-state index contributed by atoms with van der Waals surface area (Å²) >= 11 is 3.53. The smallest absolute Gasteiger partial charge is 0.122 e. The number of aryl methyl sites for hydroxylation is 3. The lowest BCUT2D eigenvalue weighted by Crippen LogP contribution is -2.29. The second kappa shape index (κ2) is 6.60. The lowest BCUT2D eigenvalue weighted by atomic mass is 9.93. The zero-order valence-corrected chi connectivity index (χ0v) is 14.4. The first kappa shape index (κ1) is 16.0. The molecule has 0 saturated heterocycles. The van der Waals surface area contributed by atoms with Gasteiger partial charge in [0.15, 0.2) is 0 Å². The second-order valence-electron chi connectivity index (χ2n) is 5.29. The molecule has 21 heavy (non-hydrogen) atoms. The van der Waals surface area contributed by atoms with Gasteiger partial charge in [0.25, 0.3) is 0 Å². The normalized spacial score (nSPS) is 12.3. The van der Waals surface area contributed by atoms with Gasteiger partial charge in [-0.2, -0.15) is 0 Å². The fraction of sp³-hybridized carbons (Fsp3) is 0.294. The molecule has 2 rings (SSSR count). The van der Waals surface area contributed by atoms with Crippen molar-refractivity contribution in [3.05, 3.63) is 62.6 Å². The first-order chi connectivity index (χ1) is 9.97. The average molecular weight is 349 g/mol. The quantitative estimate of drug-likeness (QED) is 0.649. The number of ether oxygens (including phenoxy) is 1. The molecule has 1 atom stereocenters. The van der Waals surface area contributed by atoms with E-state index >= 15 is 0 Å². The molecular formula is C17H21BrN2O. The van der Waals surface area contributed by atoms with Gasteiger partial charge in [-0.25, -0.2) is 5.43 Å². The molecule has 0 aliphatic heterocycles. The van der Waals surface area contributed by atoms with Crippen LogP contribution in [-0.4, -0.2) is 7.11 Å². The Kier molecular flexibility index (Phi) is 5.04. The van der Waals surface area contributed by atoms with Crippen LogP contribution in [-0.2, 0) is 0 Å². The van der Waals surface area contributed by atoms with Crippen LogP contribution in [0.25, 0.3) is 0 Å². The maximum absolute atomic E-state index is 5.82. The van der Waals surface area contributed by atoms with Gasteiger partial charge in [-0.3, -0.25) is 5.84 Å². The van der Waals surface area contributed by atoms with E-state index in [1.165, 1.54) is 5.56 Å². The summed E-state index contributed by atoms with van der Waals surface area (Å²) in [5.41, 5.74) is 8.69. The minimum Gasteiger partial charge on any atom is -0.496 e. The molecule has 0 bridgehead atoms. The molecule has 0 aliphatic carbocycles. The van der Waals surface area contributed by atoms with Crippen molar-refractivity contribution >= 4 is 15.9 Å². The molecule has 0 radical (unpaired) electrons. The van der Waals surface area contributed by atoms with Crippen LogP contribution in [0.1, 0.15) is 33.9 Å². The number of methoxy groups -OCH3 is 1. The van der Waals surface area contributed by atoms with Crippen LogP contribution < -0.4 is 16.0 Å². The molecule has 0 spiro atoms. The van der Waals surface area contributed by atoms with Crippen LogP contribution in [0.2, 0.25) is 0 Å². The van der Waals surface area contributed by atoms with E-state index in [0.717, 1.165) is 32.5 Å². The van der Waals surface area contributed by atoms with Crippen molar-refractivity contribution in [1.82, 2.24) is 5.43 Å². The van der Waals surface area contributed by atoms with Crippen molar-refractivity contribution in [2.24, 2.45) is 5.84 Å². The molecule has 2 aromatic rings. The fourth-order valence-electron chi connectivity index (χ4n) is 2.56.